The predicted octanol–water partition coefficient (Wildman–Crippen LogP) is 4.60. The van der Waals surface area contributed by atoms with Gasteiger partial charge in [0, 0.05) is 21.4 Å². The summed E-state index contributed by atoms with van der Waals surface area (Å²) in [6.45, 7) is 0.502. The summed E-state index contributed by atoms with van der Waals surface area (Å²) in [4.78, 5) is 2.08. The van der Waals surface area contributed by atoms with Gasteiger partial charge in [-0.25, -0.2) is 0 Å². The van der Waals surface area contributed by atoms with Gasteiger partial charge in [-0.2, -0.15) is 0 Å². The van der Waals surface area contributed by atoms with E-state index in [1.807, 2.05) is 42.5 Å². The van der Waals surface area contributed by atoms with Gasteiger partial charge in [-0.1, -0.05) is 47.1 Å². The van der Waals surface area contributed by atoms with E-state index in [-0.39, 0.29) is 0 Å². The molecule has 0 fully saturated rings. The quantitative estimate of drug-likeness (QED) is 0.891. The van der Waals surface area contributed by atoms with E-state index in [0.29, 0.717) is 6.54 Å². The van der Waals surface area contributed by atoms with E-state index >= 15 is 0 Å². The molecule has 0 radical (unpaired) electrons. The average Bonchev–Trinajstić information content (AvgIpc) is 2.32. The summed E-state index contributed by atoms with van der Waals surface area (Å²) >= 11 is 13.7. The molecule has 0 aliphatic rings. The maximum atomic E-state index is 6.19. The van der Waals surface area contributed by atoms with E-state index in [1.165, 1.54) is 0 Å². The minimum Gasteiger partial charge on any atom is -0.326 e. The van der Waals surface area contributed by atoms with Crippen LogP contribution in [0, 0.1) is 0 Å². The van der Waals surface area contributed by atoms with Crippen molar-refractivity contribution in [3.63, 3.8) is 0 Å². The van der Waals surface area contributed by atoms with Crippen LogP contribution in [-0.4, -0.2) is 0 Å². The summed E-state index contributed by atoms with van der Waals surface area (Å²) < 4.78 is 0. The van der Waals surface area contributed by atoms with Crippen LogP contribution < -0.4 is 5.73 Å². The maximum absolute atomic E-state index is 6.19. The highest BCUT2D eigenvalue weighted by molar-refractivity contribution is 7.99. The third kappa shape index (κ3) is 3.39. The number of benzene rings is 2. The van der Waals surface area contributed by atoms with Crippen molar-refractivity contribution in [1.29, 1.82) is 0 Å². The van der Waals surface area contributed by atoms with Crippen LogP contribution in [0.3, 0.4) is 0 Å². The Morgan fingerprint density at radius 3 is 2.53 bits per heavy atom. The average molecular weight is 284 g/mol. The third-order valence-corrected chi connectivity index (χ3v) is 3.98. The topological polar surface area (TPSA) is 26.0 Å². The fourth-order valence-electron chi connectivity index (χ4n) is 1.41. The lowest BCUT2D eigenvalue weighted by molar-refractivity contribution is 1.07. The lowest BCUT2D eigenvalue weighted by Gasteiger charge is -2.06. The Morgan fingerprint density at radius 2 is 1.88 bits per heavy atom. The van der Waals surface area contributed by atoms with Crippen molar-refractivity contribution < 1.29 is 0 Å². The van der Waals surface area contributed by atoms with Crippen LogP contribution in [-0.2, 0) is 6.54 Å². The van der Waals surface area contributed by atoms with E-state index in [9.17, 15) is 0 Å². The molecule has 0 saturated heterocycles. The summed E-state index contributed by atoms with van der Waals surface area (Å²) in [6.07, 6.45) is 0. The maximum Gasteiger partial charge on any atom is 0.0548 e. The first-order valence-electron chi connectivity index (χ1n) is 5.11. The number of rotatable bonds is 3. The second-order valence-electron chi connectivity index (χ2n) is 3.53. The normalized spacial score (nSPS) is 10.5. The van der Waals surface area contributed by atoms with Crippen molar-refractivity contribution in [2.45, 2.75) is 16.3 Å². The standard InChI is InChI=1S/C13H11Cl2NS/c14-10-2-1-3-11(7-10)17-13-5-4-9(8-16)6-12(13)15/h1-7H,8,16H2. The Kier molecular flexibility index (Phi) is 4.35. The molecule has 0 amide bonds. The molecule has 2 aromatic carbocycles. The molecular formula is C13H11Cl2NS. The van der Waals surface area contributed by atoms with E-state index in [1.54, 1.807) is 11.8 Å². The Bertz CT molecular complexity index is 529. The molecule has 2 N–H and O–H groups in total. The zero-order valence-electron chi connectivity index (χ0n) is 8.99. The second kappa shape index (κ2) is 5.78. The molecule has 0 saturated carbocycles. The molecule has 0 aliphatic heterocycles. The van der Waals surface area contributed by atoms with Gasteiger partial charge in [0.1, 0.15) is 0 Å². The molecular weight excluding hydrogens is 273 g/mol. The van der Waals surface area contributed by atoms with E-state index in [2.05, 4.69) is 0 Å². The minimum atomic E-state index is 0.502. The zero-order chi connectivity index (χ0) is 12.3. The molecule has 0 heterocycles. The monoisotopic (exact) mass is 283 g/mol. The van der Waals surface area contributed by atoms with Crippen LogP contribution in [0.2, 0.25) is 10.0 Å². The fourth-order valence-corrected chi connectivity index (χ4v) is 2.86. The molecule has 0 aromatic heterocycles. The third-order valence-electron chi connectivity index (χ3n) is 2.26. The van der Waals surface area contributed by atoms with Gasteiger partial charge in [0.25, 0.3) is 0 Å². The van der Waals surface area contributed by atoms with Crippen molar-refractivity contribution >= 4 is 35.0 Å². The van der Waals surface area contributed by atoms with Crippen LogP contribution in [0.5, 0.6) is 0 Å². The lowest BCUT2D eigenvalue weighted by Crippen LogP contribution is -1.95. The summed E-state index contributed by atoms with van der Waals surface area (Å²) in [5, 5.41) is 1.45. The van der Waals surface area contributed by atoms with Crippen LogP contribution in [0.25, 0.3) is 0 Å². The molecule has 0 bridgehead atoms. The first-order valence-corrected chi connectivity index (χ1v) is 6.68. The summed E-state index contributed by atoms with van der Waals surface area (Å²) in [6, 6.07) is 13.6. The lowest BCUT2D eigenvalue weighted by atomic mass is 10.2. The van der Waals surface area contributed by atoms with Gasteiger partial charge in [-0.05, 0) is 35.9 Å². The molecule has 88 valence electrons. The molecule has 17 heavy (non-hydrogen) atoms. The largest absolute Gasteiger partial charge is 0.326 e. The van der Waals surface area contributed by atoms with Crippen molar-refractivity contribution in [2.75, 3.05) is 0 Å². The molecule has 1 nitrogen and oxygen atoms in total. The molecule has 0 unspecified atom stereocenters. The molecule has 2 aromatic rings. The second-order valence-corrected chi connectivity index (χ2v) is 5.49. The highest BCUT2D eigenvalue weighted by Gasteiger charge is 2.04. The molecule has 0 aliphatic carbocycles. The number of halogens is 2. The highest BCUT2D eigenvalue weighted by atomic mass is 35.5. The Hall–Kier alpha value is -0.670. The van der Waals surface area contributed by atoms with Gasteiger partial charge in [0.15, 0.2) is 0 Å². The van der Waals surface area contributed by atoms with E-state index < -0.39 is 0 Å². The van der Waals surface area contributed by atoms with E-state index in [0.717, 1.165) is 25.4 Å². The smallest absolute Gasteiger partial charge is 0.0548 e. The van der Waals surface area contributed by atoms with Crippen molar-refractivity contribution in [3.05, 3.63) is 58.1 Å². The van der Waals surface area contributed by atoms with Crippen LogP contribution in [0.4, 0.5) is 0 Å². The predicted molar refractivity (Wildman–Crippen MR) is 74.9 cm³/mol. The van der Waals surface area contributed by atoms with Crippen LogP contribution in [0.1, 0.15) is 5.56 Å². The van der Waals surface area contributed by atoms with Crippen molar-refractivity contribution in [2.24, 2.45) is 5.73 Å². The summed E-state index contributed by atoms with van der Waals surface area (Å²) in [7, 11) is 0. The molecule has 2 rings (SSSR count). The number of hydrogen-bond acceptors (Lipinski definition) is 2. The van der Waals surface area contributed by atoms with Gasteiger partial charge in [-0.3, -0.25) is 0 Å². The highest BCUT2D eigenvalue weighted by Crippen LogP contribution is 2.34. The summed E-state index contributed by atoms with van der Waals surface area (Å²) in [5.74, 6) is 0. The first-order chi connectivity index (χ1) is 8.19. The van der Waals surface area contributed by atoms with Crippen LogP contribution in [0.15, 0.2) is 52.3 Å². The van der Waals surface area contributed by atoms with Crippen molar-refractivity contribution in [3.8, 4) is 0 Å². The van der Waals surface area contributed by atoms with Gasteiger partial charge >= 0.3 is 0 Å². The van der Waals surface area contributed by atoms with Gasteiger partial charge in [-0.15, -0.1) is 0 Å². The molecule has 0 atom stereocenters. The fraction of sp³-hybridized carbons (Fsp3) is 0.0769. The molecule has 0 spiro atoms. The Balaban J connectivity index is 2.24. The van der Waals surface area contributed by atoms with Gasteiger partial charge in [0.2, 0.25) is 0 Å². The van der Waals surface area contributed by atoms with E-state index in [4.69, 9.17) is 28.9 Å². The number of hydrogen-bond donors (Lipinski definition) is 1. The zero-order valence-corrected chi connectivity index (χ0v) is 11.3. The van der Waals surface area contributed by atoms with Gasteiger partial charge < -0.3 is 5.73 Å². The Morgan fingerprint density at radius 1 is 1.06 bits per heavy atom. The first kappa shape index (κ1) is 12.8. The van der Waals surface area contributed by atoms with Gasteiger partial charge in [0.05, 0.1) is 5.02 Å². The number of nitrogens with two attached hydrogens (primary N) is 1. The van der Waals surface area contributed by atoms with Crippen LogP contribution >= 0.6 is 35.0 Å². The minimum absolute atomic E-state index is 0.502. The molecule has 4 heteroatoms. The Labute approximate surface area is 115 Å². The summed E-state index contributed by atoms with van der Waals surface area (Å²) in [5.41, 5.74) is 6.59. The van der Waals surface area contributed by atoms with Crippen molar-refractivity contribution in [1.82, 2.24) is 0 Å². The SMILES string of the molecule is NCc1ccc(Sc2cccc(Cl)c2)c(Cl)c1.